The lowest BCUT2D eigenvalue weighted by atomic mass is 10.0. The molecule has 4 aromatic rings. The number of hydrogen-bond donors (Lipinski definition) is 2. The second-order valence-corrected chi connectivity index (χ2v) is 8.43. The number of fused-ring (bicyclic) bond motifs is 1. The van der Waals surface area contributed by atoms with Gasteiger partial charge in [-0.2, -0.15) is 0 Å². The van der Waals surface area contributed by atoms with E-state index in [1.807, 2.05) is 60.7 Å². The SMILES string of the molecule is COc1cccc(-c2cc(C(=O)N[C@@H](Cc3ccccc3)C(=O)NCc3ccc4c(c3)OCO4)no2)c1. The molecule has 0 unspecified atom stereocenters. The fraction of sp³-hybridized carbons (Fsp3) is 0.179. The first-order chi connectivity index (χ1) is 18.1. The molecule has 0 saturated heterocycles. The van der Waals surface area contributed by atoms with Crippen molar-refractivity contribution in [2.75, 3.05) is 13.9 Å². The van der Waals surface area contributed by atoms with Crippen LogP contribution in [-0.2, 0) is 17.8 Å². The van der Waals surface area contributed by atoms with Gasteiger partial charge in [0, 0.05) is 24.6 Å². The number of aromatic nitrogens is 1. The van der Waals surface area contributed by atoms with E-state index in [0.29, 0.717) is 35.0 Å². The maximum atomic E-state index is 13.2. The number of rotatable bonds is 9. The van der Waals surface area contributed by atoms with Gasteiger partial charge in [0.15, 0.2) is 23.0 Å². The van der Waals surface area contributed by atoms with Crippen molar-refractivity contribution < 1.29 is 28.3 Å². The second-order valence-electron chi connectivity index (χ2n) is 8.43. The van der Waals surface area contributed by atoms with Gasteiger partial charge in [-0.3, -0.25) is 9.59 Å². The van der Waals surface area contributed by atoms with E-state index in [0.717, 1.165) is 11.1 Å². The molecule has 9 nitrogen and oxygen atoms in total. The fourth-order valence-corrected chi connectivity index (χ4v) is 3.95. The summed E-state index contributed by atoms with van der Waals surface area (Å²) in [5, 5.41) is 9.62. The Balaban J connectivity index is 1.29. The third-order valence-electron chi connectivity index (χ3n) is 5.91. The summed E-state index contributed by atoms with van der Waals surface area (Å²) in [5.74, 6) is 1.53. The third kappa shape index (κ3) is 5.72. The van der Waals surface area contributed by atoms with Crippen LogP contribution in [0.15, 0.2) is 83.4 Å². The molecular weight excluding hydrogens is 474 g/mol. The van der Waals surface area contributed by atoms with Gasteiger partial charge in [0.1, 0.15) is 11.8 Å². The number of amides is 2. The molecule has 1 aliphatic heterocycles. The lowest BCUT2D eigenvalue weighted by molar-refractivity contribution is -0.123. The number of methoxy groups -OCH3 is 1. The largest absolute Gasteiger partial charge is 0.497 e. The average molecular weight is 500 g/mol. The molecule has 0 saturated carbocycles. The first-order valence-corrected chi connectivity index (χ1v) is 11.7. The van der Waals surface area contributed by atoms with Crippen molar-refractivity contribution in [3.8, 4) is 28.6 Å². The number of benzene rings is 3. The van der Waals surface area contributed by atoms with E-state index in [1.165, 1.54) is 6.07 Å². The van der Waals surface area contributed by atoms with Crippen LogP contribution >= 0.6 is 0 Å². The quantitative estimate of drug-likeness (QED) is 0.361. The monoisotopic (exact) mass is 499 g/mol. The smallest absolute Gasteiger partial charge is 0.274 e. The van der Waals surface area contributed by atoms with E-state index < -0.39 is 11.9 Å². The molecule has 0 aliphatic carbocycles. The van der Waals surface area contributed by atoms with E-state index in [9.17, 15) is 9.59 Å². The van der Waals surface area contributed by atoms with Crippen molar-refractivity contribution in [3.05, 3.63) is 95.7 Å². The van der Waals surface area contributed by atoms with E-state index >= 15 is 0 Å². The minimum absolute atomic E-state index is 0.0689. The minimum Gasteiger partial charge on any atom is -0.497 e. The Hall–Kier alpha value is -4.79. The Morgan fingerprint density at radius 2 is 1.78 bits per heavy atom. The molecule has 5 rings (SSSR count). The number of hydrogen-bond acceptors (Lipinski definition) is 7. The van der Waals surface area contributed by atoms with Gasteiger partial charge in [-0.05, 0) is 35.4 Å². The molecule has 37 heavy (non-hydrogen) atoms. The van der Waals surface area contributed by atoms with Gasteiger partial charge in [0.25, 0.3) is 5.91 Å². The van der Waals surface area contributed by atoms with Gasteiger partial charge in [-0.15, -0.1) is 0 Å². The molecule has 2 amide bonds. The zero-order valence-corrected chi connectivity index (χ0v) is 20.1. The Kier molecular flexibility index (Phi) is 7.02. The number of carbonyl (C=O) groups excluding carboxylic acids is 2. The molecule has 0 bridgehead atoms. The summed E-state index contributed by atoms with van der Waals surface area (Å²) in [6.45, 7) is 0.443. The normalized spacial score (nSPS) is 12.6. The van der Waals surface area contributed by atoms with Crippen LogP contribution in [0.2, 0.25) is 0 Å². The van der Waals surface area contributed by atoms with Crippen LogP contribution in [0, 0.1) is 0 Å². The third-order valence-corrected chi connectivity index (χ3v) is 5.91. The zero-order chi connectivity index (χ0) is 25.6. The first-order valence-electron chi connectivity index (χ1n) is 11.7. The molecule has 3 aromatic carbocycles. The van der Waals surface area contributed by atoms with Gasteiger partial charge < -0.3 is 29.4 Å². The van der Waals surface area contributed by atoms with Crippen LogP contribution in [0.1, 0.15) is 21.6 Å². The summed E-state index contributed by atoms with van der Waals surface area (Å²) in [7, 11) is 1.57. The minimum atomic E-state index is -0.833. The predicted octanol–water partition coefficient (Wildman–Crippen LogP) is 3.74. The molecule has 0 radical (unpaired) electrons. The lowest BCUT2D eigenvalue weighted by Gasteiger charge is -2.18. The predicted molar refractivity (Wildman–Crippen MR) is 134 cm³/mol. The summed E-state index contributed by atoms with van der Waals surface area (Å²) >= 11 is 0. The average Bonchev–Trinajstić information content (AvgIpc) is 3.62. The van der Waals surface area contributed by atoms with E-state index in [-0.39, 0.29) is 24.9 Å². The molecule has 1 aliphatic rings. The van der Waals surface area contributed by atoms with Crippen molar-refractivity contribution in [1.29, 1.82) is 0 Å². The van der Waals surface area contributed by atoms with Crippen molar-refractivity contribution in [3.63, 3.8) is 0 Å². The van der Waals surface area contributed by atoms with Gasteiger partial charge in [0.05, 0.1) is 7.11 Å². The van der Waals surface area contributed by atoms with Crippen LogP contribution in [-0.4, -0.2) is 36.9 Å². The van der Waals surface area contributed by atoms with Crippen LogP contribution in [0.5, 0.6) is 17.2 Å². The Morgan fingerprint density at radius 3 is 2.62 bits per heavy atom. The van der Waals surface area contributed by atoms with E-state index in [4.69, 9.17) is 18.7 Å². The summed E-state index contributed by atoms with van der Waals surface area (Å²) in [5.41, 5.74) is 2.54. The molecule has 2 heterocycles. The van der Waals surface area contributed by atoms with Crippen molar-refractivity contribution in [2.45, 2.75) is 19.0 Å². The van der Waals surface area contributed by atoms with Gasteiger partial charge in [-0.25, -0.2) is 0 Å². The Morgan fingerprint density at radius 1 is 0.946 bits per heavy atom. The molecule has 0 spiro atoms. The second kappa shape index (κ2) is 10.9. The van der Waals surface area contributed by atoms with Crippen molar-refractivity contribution in [1.82, 2.24) is 15.8 Å². The highest BCUT2D eigenvalue weighted by Crippen LogP contribution is 2.32. The van der Waals surface area contributed by atoms with Crippen molar-refractivity contribution >= 4 is 11.8 Å². The fourth-order valence-electron chi connectivity index (χ4n) is 3.95. The van der Waals surface area contributed by atoms with E-state index in [1.54, 1.807) is 19.2 Å². The summed E-state index contributed by atoms with van der Waals surface area (Å²) in [6, 6.07) is 22.9. The molecule has 9 heteroatoms. The maximum Gasteiger partial charge on any atom is 0.274 e. The lowest BCUT2D eigenvalue weighted by Crippen LogP contribution is -2.47. The van der Waals surface area contributed by atoms with E-state index in [2.05, 4.69) is 15.8 Å². The molecule has 0 fully saturated rings. The highest BCUT2D eigenvalue weighted by Gasteiger charge is 2.24. The van der Waals surface area contributed by atoms with Crippen LogP contribution < -0.4 is 24.8 Å². The Bertz CT molecular complexity index is 1400. The topological polar surface area (TPSA) is 112 Å². The number of nitrogens with zero attached hydrogens (tertiary/aromatic N) is 1. The summed E-state index contributed by atoms with van der Waals surface area (Å²) in [4.78, 5) is 26.2. The Labute approximate surface area is 213 Å². The molecule has 1 aromatic heterocycles. The number of carbonyl (C=O) groups is 2. The number of ether oxygens (including phenoxy) is 3. The maximum absolute atomic E-state index is 13.2. The van der Waals surface area contributed by atoms with Gasteiger partial charge in [0.2, 0.25) is 12.7 Å². The number of nitrogens with one attached hydrogen (secondary N) is 2. The highest BCUT2D eigenvalue weighted by molar-refractivity contribution is 5.96. The van der Waals surface area contributed by atoms with Gasteiger partial charge in [-0.1, -0.05) is 53.7 Å². The highest BCUT2D eigenvalue weighted by atomic mass is 16.7. The van der Waals surface area contributed by atoms with Crippen LogP contribution in [0.3, 0.4) is 0 Å². The first kappa shape index (κ1) is 23.9. The molecule has 2 N–H and O–H groups in total. The van der Waals surface area contributed by atoms with Crippen LogP contribution in [0.25, 0.3) is 11.3 Å². The standard InChI is InChI=1S/C28H25N3O6/c1-34-21-9-5-8-20(14-21)25-15-23(31-37-25)28(33)30-22(12-18-6-3-2-4-7-18)27(32)29-16-19-10-11-24-26(13-19)36-17-35-24/h2-11,13-15,22H,12,16-17H2,1H3,(H,29,32)(H,30,33)/t22-/m0/s1. The summed E-state index contributed by atoms with van der Waals surface area (Å²) in [6.07, 6.45) is 0.306. The van der Waals surface area contributed by atoms with Crippen molar-refractivity contribution in [2.24, 2.45) is 0 Å². The zero-order valence-electron chi connectivity index (χ0n) is 20.1. The molecular formula is C28H25N3O6. The van der Waals surface area contributed by atoms with Crippen LogP contribution in [0.4, 0.5) is 0 Å². The molecule has 188 valence electrons. The molecule has 1 atom stereocenters. The van der Waals surface area contributed by atoms with Gasteiger partial charge >= 0.3 is 0 Å². The summed E-state index contributed by atoms with van der Waals surface area (Å²) < 4.78 is 21.4.